The lowest BCUT2D eigenvalue weighted by atomic mass is 10.4. The zero-order valence-electron chi connectivity index (χ0n) is 10.3. The van der Waals surface area contributed by atoms with Crippen molar-refractivity contribution >= 4 is 16.2 Å². The molecule has 0 saturated carbocycles. The average molecular weight is 276 g/mol. The van der Waals surface area contributed by atoms with E-state index in [4.69, 9.17) is 4.42 Å². The summed E-state index contributed by atoms with van der Waals surface area (Å²) < 4.78 is 36.3. The fourth-order valence-electron chi connectivity index (χ4n) is 1.16. The second kappa shape index (κ2) is 6.53. The molecule has 1 N–H and O–H groups in total. The SMILES string of the molecule is COC(=O)CCN(C)S(=O)(=O)NCc1ccco1. The maximum Gasteiger partial charge on any atom is 0.306 e. The van der Waals surface area contributed by atoms with Gasteiger partial charge in [-0.05, 0) is 12.1 Å². The van der Waals surface area contributed by atoms with Crippen molar-refractivity contribution in [3.63, 3.8) is 0 Å². The summed E-state index contributed by atoms with van der Waals surface area (Å²) >= 11 is 0. The molecule has 1 aromatic heterocycles. The van der Waals surface area contributed by atoms with Gasteiger partial charge in [0, 0.05) is 13.6 Å². The fourth-order valence-corrected chi connectivity index (χ4v) is 2.03. The minimum absolute atomic E-state index is 0.00859. The van der Waals surface area contributed by atoms with Crippen molar-refractivity contribution in [3.05, 3.63) is 24.2 Å². The standard InChI is InChI=1S/C10H16N2O5S/c1-12(6-5-10(13)16-2)18(14,15)11-8-9-4-3-7-17-9/h3-4,7,11H,5-6,8H2,1-2H3. The Morgan fingerprint density at radius 1 is 1.56 bits per heavy atom. The number of nitrogens with one attached hydrogen (secondary N) is 1. The van der Waals surface area contributed by atoms with Crippen molar-refractivity contribution in [1.82, 2.24) is 9.03 Å². The van der Waals surface area contributed by atoms with Crippen LogP contribution < -0.4 is 4.72 Å². The van der Waals surface area contributed by atoms with Crippen molar-refractivity contribution < 1.29 is 22.4 Å². The normalized spacial score (nSPS) is 11.7. The van der Waals surface area contributed by atoms with E-state index in [1.165, 1.54) is 20.4 Å². The van der Waals surface area contributed by atoms with Crippen LogP contribution >= 0.6 is 0 Å². The Hall–Kier alpha value is -1.38. The van der Waals surface area contributed by atoms with Gasteiger partial charge in [0.05, 0.1) is 26.3 Å². The maximum absolute atomic E-state index is 11.7. The van der Waals surface area contributed by atoms with E-state index >= 15 is 0 Å². The molecule has 102 valence electrons. The molecular formula is C10H16N2O5S. The van der Waals surface area contributed by atoms with Crippen molar-refractivity contribution in [2.45, 2.75) is 13.0 Å². The van der Waals surface area contributed by atoms with E-state index < -0.39 is 16.2 Å². The number of carbonyl (C=O) groups is 1. The lowest BCUT2D eigenvalue weighted by Crippen LogP contribution is -2.38. The largest absolute Gasteiger partial charge is 0.469 e. The van der Waals surface area contributed by atoms with Gasteiger partial charge in [-0.1, -0.05) is 0 Å². The third kappa shape index (κ3) is 4.47. The summed E-state index contributed by atoms with van der Waals surface area (Å²) in [7, 11) is -0.986. The zero-order valence-corrected chi connectivity index (χ0v) is 11.1. The molecule has 0 spiro atoms. The first kappa shape index (κ1) is 14.7. The van der Waals surface area contributed by atoms with Crippen LogP contribution in [0.25, 0.3) is 0 Å². The quantitative estimate of drug-likeness (QED) is 0.714. The first-order valence-corrected chi connectivity index (χ1v) is 6.70. The van der Waals surface area contributed by atoms with Gasteiger partial charge < -0.3 is 9.15 Å². The van der Waals surface area contributed by atoms with Gasteiger partial charge >= 0.3 is 5.97 Å². The molecule has 0 aliphatic carbocycles. The van der Waals surface area contributed by atoms with Gasteiger partial charge in [0.15, 0.2) is 0 Å². The smallest absolute Gasteiger partial charge is 0.306 e. The number of hydrogen-bond acceptors (Lipinski definition) is 5. The number of carbonyl (C=O) groups excluding carboxylic acids is 1. The van der Waals surface area contributed by atoms with Gasteiger partial charge in [0.25, 0.3) is 10.2 Å². The highest BCUT2D eigenvalue weighted by Gasteiger charge is 2.18. The number of ether oxygens (including phenoxy) is 1. The topological polar surface area (TPSA) is 88.8 Å². The number of nitrogens with zero attached hydrogens (tertiary/aromatic N) is 1. The van der Waals surface area contributed by atoms with E-state index in [1.54, 1.807) is 12.1 Å². The maximum atomic E-state index is 11.7. The molecule has 1 heterocycles. The van der Waals surface area contributed by atoms with Crippen LogP contribution in [-0.2, 0) is 26.3 Å². The summed E-state index contributed by atoms with van der Waals surface area (Å²) in [4.78, 5) is 10.9. The molecule has 18 heavy (non-hydrogen) atoms. The molecule has 1 aromatic rings. The Balaban J connectivity index is 2.44. The molecule has 0 aliphatic rings. The van der Waals surface area contributed by atoms with E-state index in [2.05, 4.69) is 9.46 Å². The Morgan fingerprint density at radius 3 is 2.83 bits per heavy atom. The first-order chi connectivity index (χ1) is 8.45. The first-order valence-electron chi connectivity index (χ1n) is 5.26. The van der Waals surface area contributed by atoms with E-state index in [9.17, 15) is 13.2 Å². The van der Waals surface area contributed by atoms with E-state index in [0.29, 0.717) is 5.76 Å². The van der Waals surface area contributed by atoms with E-state index in [-0.39, 0.29) is 19.5 Å². The average Bonchev–Trinajstić information content (AvgIpc) is 2.86. The van der Waals surface area contributed by atoms with Crippen LogP contribution in [-0.4, -0.2) is 39.4 Å². The van der Waals surface area contributed by atoms with Crippen molar-refractivity contribution in [2.24, 2.45) is 0 Å². The molecule has 0 atom stereocenters. The van der Waals surface area contributed by atoms with Gasteiger partial charge in [-0.15, -0.1) is 0 Å². The van der Waals surface area contributed by atoms with Crippen molar-refractivity contribution in [3.8, 4) is 0 Å². The summed E-state index contributed by atoms with van der Waals surface area (Å²) in [6.45, 7) is 0.123. The molecule has 0 aromatic carbocycles. The van der Waals surface area contributed by atoms with Crippen LogP contribution in [0.2, 0.25) is 0 Å². The highest BCUT2D eigenvalue weighted by molar-refractivity contribution is 7.87. The molecule has 0 radical (unpaired) electrons. The Kier molecular flexibility index (Phi) is 5.32. The van der Waals surface area contributed by atoms with Crippen molar-refractivity contribution in [1.29, 1.82) is 0 Å². The highest BCUT2D eigenvalue weighted by atomic mass is 32.2. The van der Waals surface area contributed by atoms with E-state index in [0.717, 1.165) is 4.31 Å². The molecule has 0 unspecified atom stereocenters. The molecule has 0 bridgehead atoms. The summed E-state index contributed by atoms with van der Waals surface area (Å²) in [5.74, 6) is 0.0584. The number of rotatable bonds is 7. The number of esters is 1. The van der Waals surface area contributed by atoms with Gasteiger partial charge in [-0.25, -0.2) is 0 Å². The monoisotopic (exact) mass is 276 g/mol. The second-order valence-electron chi connectivity index (χ2n) is 3.55. The molecule has 7 nitrogen and oxygen atoms in total. The lowest BCUT2D eigenvalue weighted by molar-refractivity contribution is -0.140. The van der Waals surface area contributed by atoms with Crippen molar-refractivity contribution in [2.75, 3.05) is 20.7 Å². The van der Waals surface area contributed by atoms with Crippen LogP contribution in [0.4, 0.5) is 0 Å². The predicted octanol–water partition coefficient (Wildman–Crippen LogP) is 0.109. The van der Waals surface area contributed by atoms with Gasteiger partial charge in [0.1, 0.15) is 5.76 Å². The molecule has 0 fully saturated rings. The van der Waals surface area contributed by atoms with E-state index in [1.807, 2.05) is 0 Å². The number of furan rings is 1. The summed E-state index contributed by atoms with van der Waals surface area (Å²) in [6, 6.07) is 3.33. The number of methoxy groups -OCH3 is 1. The minimum Gasteiger partial charge on any atom is -0.469 e. The third-order valence-electron chi connectivity index (χ3n) is 2.28. The highest BCUT2D eigenvalue weighted by Crippen LogP contribution is 2.02. The third-order valence-corrected chi connectivity index (χ3v) is 3.79. The van der Waals surface area contributed by atoms with Crippen LogP contribution in [0.1, 0.15) is 12.2 Å². The molecule has 1 rings (SSSR count). The summed E-state index contributed by atoms with van der Waals surface area (Å²) in [5.41, 5.74) is 0. The number of hydrogen-bond donors (Lipinski definition) is 1. The fraction of sp³-hybridized carbons (Fsp3) is 0.500. The van der Waals surface area contributed by atoms with Gasteiger partial charge in [-0.3, -0.25) is 4.79 Å². The van der Waals surface area contributed by atoms with Crippen LogP contribution in [0.15, 0.2) is 22.8 Å². The van der Waals surface area contributed by atoms with Crippen LogP contribution in [0, 0.1) is 0 Å². The molecule has 0 aliphatic heterocycles. The Morgan fingerprint density at radius 2 is 2.28 bits per heavy atom. The van der Waals surface area contributed by atoms with Gasteiger partial charge in [-0.2, -0.15) is 17.4 Å². The predicted molar refractivity (Wildman–Crippen MR) is 63.7 cm³/mol. The van der Waals surface area contributed by atoms with Crippen LogP contribution in [0.5, 0.6) is 0 Å². The van der Waals surface area contributed by atoms with Crippen LogP contribution in [0.3, 0.4) is 0 Å². The summed E-state index contributed by atoms with van der Waals surface area (Å²) in [6.07, 6.45) is 1.47. The molecular weight excluding hydrogens is 260 g/mol. The second-order valence-corrected chi connectivity index (χ2v) is 5.42. The molecule has 0 saturated heterocycles. The zero-order chi connectivity index (χ0) is 13.6. The Labute approximate surface area is 106 Å². The lowest BCUT2D eigenvalue weighted by Gasteiger charge is -2.16. The van der Waals surface area contributed by atoms with Gasteiger partial charge in [0.2, 0.25) is 0 Å². The molecule has 0 amide bonds. The Bertz CT molecular complexity index is 468. The minimum atomic E-state index is -3.62. The molecule has 8 heteroatoms. The summed E-state index contributed by atoms with van der Waals surface area (Å²) in [5, 5.41) is 0.